The van der Waals surface area contributed by atoms with Gasteiger partial charge < -0.3 is 4.74 Å². The van der Waals surface area contributed by atoms with Gasteiger partial charge in [0.25, 0.3) is 0 Å². The van der Waals surface area contributed by atoms with E-state index in [9.17, 15) is 0 Å². The average molecular weight is 281 g/mol. The highest BCUT2D eigenvalue weighted by Gasteiger charge is 2.14. The Morgan fingerprint density at radius 2 is 2.00 bits per heavy atom. The van der Waals surface area contributed by atoms with Gasteiger partial charge in [-0.25, -0.2) is 4.68 Å². The summed E-state index contributed by atoms with van der Waals surface area (Å²) in [5, 5.41) is 5.66. The number of ether oxygens (including phenoxy) is 1. The highest BCUT2D eigenvalue weighted by Crippen LogP contribution is 2.33. The maximum absolute atomic E-state index is 5.66. The maximum atomic E-state index is 5.66. The maximum Gasteiger partial charge on any atom is 0.155 e. The van der Waals surface area contributed by atoms with Crippen LogP contribution in [0.15, 0.2) is 36.7 Å². The zero-order chi connectivity index (χ0) is 15.0. The third kappa shape index (κ3) is 2.27. The minimum Gasteiger partial charge on any atom is -0.494 e. The summed E-state index contributed by atoms with van der Waals surface area (Å²) < 4.78 is 7.50. The minimum atomic E-state index is 0.396. The quantitative estimate of drug-likeness (QED) is 0.732. The first kappa shape index (κ1) is 13.6. The van der Waals surface area contributed by atoms with Gasteiger partial charge in [0.05, 0.1) is 24.5 Å². The first-order valence-electron chi connectivity index (χ1n) is 7.10. The number of rotatable bonds is 3. The SMILES string of the molecule is COc1c(-n2ccc(C(C)C)n2)cnc2cccc(C)c12. The van der Waals surface area contributed by atoms with Gasteiger partial charge >= 0.3 is 0 Å². The summed E-state index contributed by atoms with van der Waals surface area (Å²) in [5.41, 5.74) is 4.01. The van der Waals surface area contributed by atoms with E-state index in [2.05, 4.69) is 36.9 Å². The highest BCUT2D eigenvalue weighted by molar-refractivity contribution is 5.91. The molecule has 1 aromatic carbocycles. The molecule has 4 heteroatoms. The van der Waals surface area contributed by atoms with Crippen molar-refractivity contribution in [2.24, 2.45) is 0 Å². The smallest absolute Gasteiger partial charge is 0.155 e. The van der Waals surface area contributed by atoms with Crippen LogP contribution in [0.25, 0.3) is 16.6 Å². The van der Waals surface area contributed by atoms with E-state index in [-0.39, 0.29) is 0 Å². The molecule has 0 radical (unpaired) electrons. The number of hydrogen-bond donors (Lipinski definition) is 0. The van der Waals surface area contributed by atoms with Crippen molar-refractivity contribution in [2.75, 3.05) is 7.11 Å². The van der Waals surface area contributed by atoms with Crippen LogP contribution in [0.5, 0.6) is 5.75 Å². The molecule has 0 aliphatic carbocycles. The van der Waals surface area contributed by atoms with E-state index >= 15 is 0 Å². The molecule has 0 bridgehead atoms. The Labute approximate surface area is 124 Å². The van der Waals surface area contributed by atoms with Crippen molar-refractivity contribution in [3.8, 4) is 11.4 Å². The van der Waals surface area contributed by atoms with Crippen molar-refractivity contribution in [1.29, 1.82) is 0 Å². The van der Waals surface area contributed by atoms with Gasteiger partial charge in [-0.05, 0) is 30.5 Å². The Bertz CT molecular complexity index is 790. The summed E-state index contributed by atoms with van der Waals surface area (Å²) in [6.07, 6.45) is 3.77. The zero-order valence-electron chi connectivity index (χ0n) is 12.8. The van der Waals surface area contributed by atoms with E-state index in [1.807, 2.05) is 35.3 Å². The molecule has 21 heavy (non-hydrogen) atoms. The predicted octanol–water partition coefficient (Wildman–Crippen LogP) is 3.86. The molecule has 3 aromatic rings. The molecule has 4 nitrogen and oxygen atoms in total. The number of methoxy groups -OCH3 is 1. The van der Waals surface area contributed by atoms with Gasteiger partial charge in [0.15, 0.2) is 5.75 Å². The lowest BCUT2D eigenvalue weighted by atomic mass is 10.1. The van der Waals surface area contributed by atoms with Crippen molar-refractivity contribution in [3.63, 3.8) is 0 Å². The standard InChI is InChI=1S/C17H19N3O/c1-11(2)13-8-9-20(19-13)15-10-18-14-7-5-6-12(3)16(14)17(15)21-4/h5-11H,1-4H3. The van der Waals surface area contributed by atoms with Gasteiger partial charge in [0.2, 0.25) is 0 Å². The van der Waals surface area contributed by atoms with Crippen LogP contribution in [-0.4, -0.2) is 21.9 Å². The largest absolute Gasteiger partial charge is 0.494 e. The first-order chi connectivity index (χ1) is 10.1. The zero-order valence-corrected chi connectivity index (χ0v) is 12.8. The van der Waals surface area contributed by atoms with E-state index in [0.29, 0.717) is 5.92 Å². The number of hydrogen-bond acceptors (Lipinski definition) is 3. The number of nitrogens with zero attached hydrogens (tertiary/aromatic N) is 3. The van der Waals surface area contributed by atoms with E-state index in [1.165, 1.54) is 0 Å². The van der Waals surface area contributed by atoms with Crippen LogP contribution in [0.2, 0.25) is 0 Å². The molecule has 0 amide bonds. The van der Waals surface area contributed by atoms with Gasteiger partial charge in [-0.2, -0.15) is 5.10 Å². The fraction of sp³-hybridized carbons (Fsp3) is 0.294. The Morgan fingerprint density at radius 3 is 2.67 bits per heavy atom. The second-order valence-corrected chi connectivity index (χ2v) is 5.49. The second-order valence-electron chi connectivity index (χ2n) is 5.49. The molecule has 0 aliphatic heterocycles. The summed E-state index contributed by atoms with van der Waals surface area (Å²) in [6.45, 7) is 6.33. The topological polar surface area (TPSA) is 39.9 Å². The number of pyridine rings is 1. The first-order valence-corrected chi connectivity index (χ1v) is 7.10. The number of fused-ring (bicyclic) bond motifs is 1. The van der Waals surface area contributed by atoms with Crippen molar-refractivity contribution in [2.45, 2.75) is 26.7 Å². The van der Waals surface area contributed by atoms with Gasteiger partial charge in [0, 0.05) is 11.6 Å². The lowest BCUT2D eigenvalue weighted by molar-refractivity contribution is 0.416. The lowest BCUT2D eigenvalue weighted by Gasteiger charge is -2.13. The lowest BCUT2D eigenvalue weighted by Crippen LogP contribution is -2.02. The average Bonchev–Trinajstić information content (AvgIpc) is 2.96. The number of aromatic nitrogens is 3. The van der Waals surface area contributed by atoms with Crippen molar-refractivity contribution >= 4 is 10.9 Å². The van der Waals surface area contributed by atoms with Crippen molar-refractivity contribution < 1.29 is 4.74 Å². The normalized spacial score (nSPS) is 11.3. The van der Waals surface area contributed by atoms with Crippen LogP contribution < -0.4 is 4.74 Å². The van der Waals surface area contributed by atoms with Crippen LogP contribution >= 0.6 is 0 Å². The third-order valence-corrected chi connectivity index (χ3v) is 3.69. The second kappa shape index (κ2) is 5.20. The van der Waals surface area contributed by atoms with Crippen molar-refractivity contribution in [1.82, 2.24) is 14.8 Å². The van der Waals surface area contributed by atoms with E-state index in [0.717, 1.165) is 33.6 Å². The fourth-order valence-corrected chi connectivity index (χ4v) is 2.52. The molecule has 0 saturated heterocycles. The fourth-order valence-electron chi connectivity index (χ4n) is 2.52. The summed E-state index contributed by atoms with van der Waals surface area (Å²) in [6, 6.07) is 8.11. The van der Waals surface area contributed by atoms with Crippen LogP contribution in [0, 0.1) is 6.92 Å². The Kier molecular flexibility index (Phi) is 3.37. The minimum absolute atomic E-state index is 0.396. The van der Waals surface area contributed by atoms with Crippen LogP contribution in [0.1, 0.15) is 31.0 Å². The molecule has 2 aromatic heterocycles. The van der Waals surface area contributed by atoms with E-state index in [1.54, 1.807) is 7.11 Å². The predicted molar refractivity (Wildman–Crippen MR) is 84.2 cm³/mol. The Morgan fingerprint density at radius 1 is 1.19 bits per heavy atom. The third-order valence-electron chi connectivity index (χ3n) is 3.69. The molecule has 0 fully saturated rings. The van der Waals surface area contributed by atoms with Crippen molar-refractivity contribution in [3.05, 3.63) is 47.9 Å². The monoisotopic (exact) mass is 281 g/mol. The molecular weight excluding hydrogens is 262 g/mol. The molecule has 0 atom stereocenters. The molecule has 0 aliphatic rings. The summed E-state index contributed by atoms with van der Waals surface area (Å²) in [7, 11) is 1.69. The van der Waals surface area contributed by atoms with Gasteiger partial charge in [0.1, 0.15) is 5.69 Å². The van der Waals surface area contributed by atoms with Gasteiger partial charge in [-0.15, -0.1) is 0 Å². The van der Waals surface area contributed by atoms with E-state index < -0.39 is 0 Å². The summed E-state index contributed by atoms with van der Waals surface area (Å²) >= 11 is 0. The molecule has 3 rings (SSSR count). The molecule has 0 N–H and O–H groups in total. The van der Waals surface area contributed by atoms with E-state index in [4.69, 9.17) is 4.74 Å². The number of aryl methyl sites for hydroxylation is 1. The number of benzene rings is 1. The molecule has 108 valence electrons. The van der Waals surface area contributed by atoms with Crippen LogP contribution in [0.4, 0.5) is 0 Å². The molecule has 0 spiro atoms. The Hall–Kier alpha value is -2.36. The van der Waals surface area contributed by atoms with Crippen LogP contribution in [0.3, 0.4) is 0 Å². The highest BCUT2D eigenvalue weighted by atomic mass is 16.5. The summed E-state index contributed by atoms with van der Waals surface area (Å²) in [5.74, 6) is 1.21. The Balaban J connectivity index is 2.24. The molecule has 0 saturated carbocycles. The molecular formula is C17H19N3O. The van der Waals surface area contributed by atoms with Gasteiger partial charge in [-0.3, -0.25) is 4.98 Å². The molecule has 0 unspecified atom stereocenters. The van der Waals surface area contributed by atoms with Crippen LogP contribution in [-0.2, 0) is 0 Å². The molecule has 2 heterocycles. The van der Waals surface area contributed by atoms with Gasteiger partial charge in [-0.1, -0.05) is 26.0 Å². The summed E-state index contributed by atoms with van der Waals surface area (Å²) in [4.78, 5) is 4.54.